The van der Waals surface area contributed by atoms with E-state index < -0.39 is 0 Å². The second-order valence-electron chi connectivity index (χ2n) is 9.11. The molecule has 0 N–H and O–H groups in total. The minimum atomic E-state index is 0.903. The Morgan fingerprint density at radius 3 is 1.22 bits per heavy atom. The highest BCUT2D eigenvalue weighted by atomic mass is 15.0. The zero-order valence-corrected chi connectivity index (χ0v) is 19.3. The van der Waals surface area contributed by atoms with Crippen molar-refractivity contribution in [3.63, 3.8) is 0 Å². The maximum atomic E-state index is 5.08. The van der Waals surface area contributed by atoms with E-state index in [-0.39, 0.29) is 0 Å². The summed E-state index contributed by atoms with van der Waals surface area (Å²) in [6, 6.07) is 38.1. The van der Waals surface area contributed by atoms with Crippen molar-refractivity contribution in [1.82, 2.24) is 19.1 Å². The minimum absolute atomic E-state index is 0.903. The molecular formula is C32H20N4. The average molecular weight is 461 g/mol. The lowest BCUT2D eigenvalue weighted by atomic mass is 10.1. The predicted molar refractivity (Wildman–Crippen MR) is 148 cm³/mol. The van der Waals surface area contributed by atoms with Crippen LogP contribution in [0.4, 0.5) is 0 Å². The van der Waals surface area contributed by atoms with Crippen LogP contribution < -0.4 is 0 Å². The molecule has 36 heavy (non-hydrogen) atoms. The van der Waals surface area contributed by atoms with Crippen molar-refractivity contribution in [3.05, 3.63) is 122 Å². The first-order chi connectivity index (χ1) is 17.9. The molecule has 0 fully saturated rings. The fraction of sp³-hybridized carbons (Fsp3) is 0. The average Bonchev–Trinajstić information content (AvgIpc) is 3.47. The standard InChI is InChI=1S/C32H20N4/c1-3-11-21(12-4-1)35-27-17-9-7-15-23(27)25-19-34-30-29(31(25)35)33-20-26-24-16-8-10-18-28(24)36(32(26)30)22-13-5-2-6-14-22/h1-20H. The number of fused-ring (bicyclic) bond motifs is 9. The summed E-state index contributed by atoms with van der Waals surface area (Å²) in [4.78, 5) is 10.2. The lowest BCUT2D eigenvalue weighted by Gasteiger charge is -2.11. The van der Waals surface area contributed by atoms with E-state index in [2.05, 4.69) is 118 Å². The summed E-state index contributed by atoms with van der Waals surface area (Å²) >= 11 is 0. The molecule has 0 aliphatic rings. The molecule has 0 saturated heterocycles. The van der Waals surface area contributed by atoms with Gasteiger partial charge in [-0.05, 0) is 36.4 Å². The quantitative estimate of drug-likeness (QED) is 0.264. The molecule has 0 aliphatic carbocycles. The smallest absolute Gasteiger partial charge is 0.115 e. The van der Waals surface area contributed by atoms with E-state index in [1.807, 2.05) is 12.4 Å². The van der Waals surface area contributed by atoms with Crippen LogP contribution in [0.1, 0.15) is 0 Å². The second kappa shape index (κ2) is 7.27. The molecule has 0 unspecified atom stereocenters. The molecule has 4 heteroatoms. The Morgan fingerprint density at radius 2 is 0.778 bits per heavy atom. The Morgan fingerprint density at radius 1 is 0.389 bits per heavy atom. The highest BCUT2D eigenvalue weighted by Crippen LogP contribution is 2.39. The van der Waals surface area contributed by atoms with E-state index >= 15 is 0 Å². The van der Waals surface area contributed by atoms with E-state index in [0.717, 1.165) is 55.2 Å². The molecule has 4 nitrogen and oxygen atoms in total. The normalized spacial score (nSPS) is 11.9. The Hall–Kier alpha value is -4.96. The van der Waals surface area contributed by atoms with Gasteiger partial charge in [-0.25, -0.2) is 0 Å². The zero-order valence-electron chi connectivity index (χ0n) is 19.3. The first kappa shape index (κ1) is 19.4. The third-order valence-electron chi connectivity index (χ3n) is 7.17. The highest BCUT2D eigenvalue weighted by Gasteiger charge is 2.21. The van der Waals surface area contributed by atoms with E-state index in [9.17, 15) is 0 Å². The van der Waals surface area contributed by atoms with Gasteiger partial charge in [0.25, 0.3) is 0 Å². The van der Waals surface area contributed by atoms with Gasteiger partial charge in [-0.15, -0.1) is 0 Å². The van der Waals surface area contributed by atoms with Crippen LogP contribution in [0.2, 0.25) is 0 Å². The van der Waals surface area contributed by atoms with Crippen LogP contribution in [0.5, 0.6) is 0 Å². The Bertz CT molecular complexity index is 1930. The van der Waals surface area contributed by atoms with Gasteiger partial charge < -0.3 is 9.13 Å². The van der Waals surface area contributed by atoms with E-state index in [4.69, 9.17) is 9.97 Å². The first-order valence-electron chi connectivity index (χ1n) is 12.1. The number of nitrogens with zero attached hydrogens (tertiary/aromatic N) is 4. The van der Waals surface area contributed by atoms with Crippen LogP contribution in [0.3, 0.4) is 0 Å². The fourth-order valence-electron chi connectivity index (χ4n) is 5.68. The van der Waals surface area contributed by atoms with Crippen molar-refractivity contribution in [2.24, 2.45) is 0 Å². The van der Waals surface area contributed by atoms with Crippen molar-refractivity contribution in [2.75, 3.05) is 0 Å². The summed E-state index contributed by atoms with van der Waals surface area (Å²) in [5, 5.41) is 4.57. The van der Waals surface area contributed by atoms with Crippen molar-refractivity contribution in [1.29, 1.82) is 0 Å². The zero-order chi connectivity index (χ0) is 23.6. The maximum Gasteiger partial charge on any atom is 0.115 e. The van der Waals surface area contributed by atoms with Gasteiger partial charge in [0, 0.05) is 45.3 Å². The number of hydrogen-bond acceptors (Lipinski definition) is 2. The molecule has 0 bridgehead atoms. The Kier molecular flexibility index (Phi) is 3.91. The van der Waals surface area contributed by atoms with Crippen LogP contribution in [-0.2, 0) is 0 Å². The predicted octanol–water partition coefficient (Wildman–Crippen LogP) is 7.82. The molecule has 0 spiro atoms. The lowest BCUT2D eigenvalue weighted by Crippen LogP contribution is -1.98. The molecule has 0 saturated carbocycles. The molecule has 8 rings (SSSR count). The van der Waals surface area contributed by atoms with E-state index in [1.165, 1.54) is 10.8 Å². The Labute approximate surface area is 206 Å². The van der Waals surface area contributed by atoms with Crippen LogP contribution >= 0.6 is 0 Å². The van der Waals surface area contributed by atoms with Gasteiger partial charge in [-0.1, -0.05) is 72.8 Å². The summed E-state index contributed by atoms with van der Waals surface area (Å²) in [5.74, 6) is 0. The molecule has 0 aliphatic heterocycles. The molecule has 4 aromatic carbocycles. The van der Waals surface area contributed by atoms with Gasteiger partial charge in [0.1, 0.15) is 11.0 Å². The molecular weight excluding hydrogens is 440 g/mol. The highest BCUT2D eigenvalue weighted by molar-refractivity contribution is 6.23. The van der Waals surface area contributed by atoms with Crippen molar-refractivity contribution >= 4 is 54.6 Å². The monoisotopic (exact) mass is 460 g/mol. The number of rotatable bonds is 2. The van der Waals surface area contributed by atoms with E-state index in [1.54, 1.807) is 0 Å². The van der Waals surface area contributed by atoms with Gasteiger partial charge in [0.2, 0.25) is 0 Å². The molecule has 168 valence electrons. The first-order valence-corrected chi connectivity index (χ1v) is 12.1. The number of para-hydroxylation sites is 4. The van der Waals surface area contributed by atoms with Crippen molar-refractivity contribution in [3.8, 4) is 11.4 Å². The van der Waals surface area contributed by atoms with Gasteiger partial charge in [0.15, 0.2) is 0 Å². The number of pyridine rings is 2. The Balaban J connectivity index is 1.62. The summed E-state index contributed by atoms with van der Waals surface area (Å²) in [7, 11) is 0. The number of aromatic nitrogens is 4. The summed E-state index contributed by atoms with van der Waals surface area (Å²) in [6.45, 7) is 0. The molecule has 0 amide bonds. The van der Waals surface area contributed by atoms with Gasteiger partial charge >= 0.3 is 0 Å². The topological polar surface area (TPSA) is 35.6 Å². The molecule has 0 atom stereocenters. The third-order valence-corrected chi connectivity index (χ3v) is 7.17. The summed E-state index contributed by atoms with van der Waals surface area (Å²) in [5.41, 5.74) is 8.50. The number of benzene rings is 4. The lowest BCUT2D eigenvalue weighted by molar-refractivity contribution is 1.17. The molecule has 0 radical (unpaired) electrons. The summed E-state index contributed by atoms with van der Waals surface area (Å²) in [6.07, 6.45) is 4.04. The maximum absolute atomic E-state index is 5.08. The largest absolute Gasteiger partial charge is 0.307 e. The van der Waals surface area contributed by atoms with Gasteiger partial charge in [-0.2, -0.15) is 0 Å². The van der Waals surface area contributed by atoms with Gasteiger partial charge in [-0.3, -0.25) is 9.97 Å². The third kappa shape index (κ3) is 2.53. The van der Waals surface area contributed by atoms with Gasteiger partial charge in [0.05, 0.1) is 22.1 Å². The van der Waals surface area contributed by atoms with E-state index in [0.29, 0.717) is 0 Å². The molecule has 4 heterocycles. The van der Waals surface area contributed by atoms with Crippen LogP contribution in [-0.4, -0.2) is 19.1 Å². The molecule has 8 aromatic rings. The van der Waals surface area contributed by atoms with Crippen LogP contribution in [0, 0.1) is 0 Å². The number of hydrogen-bond donors (Lipinski definition) is 0. The van der Waals surface area contributed by atoms with Crippen molar-refractivity contribution in [2.45, 2.75) is 0 Å². The van der Waals surface area contributed by atoms with Crippen LogP contribution in [0.15, 0.2) is 122 Å². The molecule has 4 aromatic heterocycles. The second-order valence-corrected chi connectivity index (χ2v) is 9.11. The summed E-state index contributed by atoms with van der Waals surface area (Å²) < 4.78 is 4.64. The van der Waals surface area contributed by atoms with Crippen LogP contribution in [0.25, 0.3) is 66.0 Å². The minimum Gasteiger partial charge on any atom is -0.307 e. The fourth-order valence-corrected chi connectivity index (χ4v) is 5.68. The SMILES string of the molecule is c1ccc(-n2c3ccccc3c3cnc4c(ncc5c6ccccc6n(-c6ccccc6)c54)c32)cc1. The van der Waals surface area contributed by atoms with Crippen molar-refractivity contribution < 1.29 is 0 Å².